The van der Waals surface area contributed by atoms with E-state index in [1.165, 1.54) is 11.1 Å². The molecule has 130 valence electrons. The van der Waals surface area contributed by atoms with Crippen molar-refractivity contribution in [2.24, 2.45) is 13.0 Å². The Bertz CT molecular complexity index is 789. The van der Waals surface area contributed by atoms with Crippen LogP contribution in [0.4, 0.5) is 0 Å². The minimum atomic E-state index is 0.00278. The summed E-state index contributed by atoms with van der Waals surface area (Å²) in [5.74, 6) is 0.515. The first kappa shape index (κ1) is 17.5. The van der Waals surface area contributed by atoms with Crippen molar-refractivity contribution in [1.82, 2.24) is 4.57 Å². The number of nitrogens with zero attached hydrogens (tertiary/aromatic N) is 2. The molecule has 25 heavy (non-hydrogen) atoms. The molecule has 1 heterocycles. The molecule has 0 aliphatic heterocycles. The summed E-state index contributed by atoms with van der Waals surface area (Å²) in [6.07, 6.45) is 7.56. The van der Waals surface area contributed by atoms with Gasteiger partial charge in [-0.05, 0) is 23.5 Å². The molecule has 1 aromatic heterocycles. The van der Waals surface area contributed by atoms with E-state index >= 15 is 0 Å². The van der Waals surface area contributed by atoms with Gasteiger partial charge in [0.25, 0.3) is 0 Å². The number of rotatable bonds is 6. The second-order valence-electron chi connectivity index (χ2n) is 7.66. The molecule has 2 atom stereocenters. The highest BCUT2D eigenvalue weighted by molar-refractivity contribution is 5.31. The summed E-state index contributed by atoms with van der Waals surface area (Å²) >= 11 is 0. The maximum absolute atomic E-state index is 2.42. The highest BCUT2D eigenvalue weighted by atomic mass is 15.1. The van der Waals surface area contributed by atoms with Gasteiger partial charge in [-0.2, -0.15) is 0 Å². The van der Waals surface area contributed by atoms with Gasteiger partial charge in [0.2, 0.25) is 6.33 Å². The van der Waals surface area contributed by atoms with E-state index in [0.29, 0.717) is 12.0 Å². The molecule has 0 N–H and O–H groups in total. The minimum absolute atomic E-state index is 0.00278. The highest BCUT2D eigenvalue weighted by Gasteiger charge is 2.42. The van der Waals surface area contributed by atoms with Crippen molar-refractivity contribution < 1.29 is 4.57 Å². The average Bonchev–Trinajstić information content (AvgIpc) is 3.02. The summed E-state index contributed by atoms with van der Waals surface area (Å²) in [6.45, 7) is 7.08. The van der Waals surface area contributed by atoms with Crippen LogP contribution in [-0.4, -0.2) is 4.57 Å². The normalized spacial score (nSPS) is 15.1. The van der Waals surface area contributed by atoms with Crippen molar-refractivity contribution >= 4 is 0 Å². The third kappa shape index (κ3) is 3.68. The zero-order valence-electron chi connectivity index (χ0n) is 15.8. The van der Waals surface area contributed by atoms with Gasteiger partial charge < -0.3 is 0 Å². The molecule has 2 nitrogen and oxygen atoms in total. The second kappa shape index (κ2) is 7.26. The fourth-order valence-corrected chi connectivity index (χ4v) is 4.26. The van der Waals surface area contributed by atoms with Crippen LogP contribution in [0.3, 0.4) is 0 Å². The Morgan fingerprint density at radius 2 is 1.56 bits per heavy atom. The van der Waals surface area contributed by atoms with Crippen LogP contribution in [0, 0.1) is 5.92 Å². The fourth-order valence-electron chi connectivity index (χ4n) is 4.26. The monoisotopic (exact) mass is 333 g/mol. The van der Waals surface area contributed by atoms with Gasteiger partial charge in [0.15, 0.2) is 0 Å². The Balaban J connectivity index is 2.11. The van der Waals surface area contributed by atoms with E-state index < -0.39 is 0 Å². The van der Waals surface area contributed by atoms with E-state index in [2.05, 4.69) is 116 Å². The van der Waals surface area contributed by atoms with E-state index in [0.717, 1.165) is 6.42 Å². The Kier molecular flexibility index (Phi) is 5.08. The minimum Gasteiger partial charge on any atom is -0.240 e. The van der Waals surface area contributed by atoms with E-state index in [4.69, 9.17) is 0 Å². The molecule has 0 spiro atoms. The summed E-state index contributed by atoms with van der Waals surface area (Å²) in [4.78, 5) is 0. The summed E-state index contributed by atoms with van der Waals surface area (Å²) in [5.41, 5.74) is 2.79. The van der Waals surface area contributed by atoms with Crippen LogP contribution < -0.4 is 4.57 Å². The molecule has 3 aromatic rings. The summed E-state index contributed by atoms with van der Waals surface area (Å²) in [6, 6.07) is 22.2. The van der Waals surface area contributed by atoms with Crippen LogP contribution in [-0.2, 0) is 18.9 Å². The number of hydrogen-bond acceptors (Lipinski definition) is 0. The topological polar surface area (TPSA) is 8.81 Å². The standard InChI is InChI=1S/C23H29N2/c1-19(2)22(25-16-15-24(4)18-25)23(3,21-13-9-6-10-14-21)17-20-11-7-5-8-12-20/h5-16,18-19,22H,17H2,1-4H3/q+1. The molecule has 0 bridgehead atoms. The van der Waals surface area contributed by atoms with Gasteiger partial charge in [0.05, 0.1) is 7.05 Å². The summed E-state index contributed by atoms with van der Waals surface area (Å²) < 4.78 is 4.52. The van der Waals surface area contributed by atoms with Crippen LogP contribution >= 0.6 is 0 Å². The highest BCUT2D eigenvalue weighted by Crippen LogP contribution is 2.42. The smallest absolute Gasteiger partial charge is 0.240 e. The molecule has 0 fully saturated rings. The SMILES string of the molecule is CC(C)C(n1cc[n+](C)c1)C(C)(Cc1ccccc1)c1ccccc1. The van der Waals surface area contributed by atoms with Crippen molar-refractivity contribution in [3.05, 3.63) is 90.5 Å². The molecule has 0 aliphatic carbocycles. The van der Waals surface area contributed by atoms with Crippen molar-refractivity contribution in [3.63, 3.8) is 0 Å². The number of hydrogen-bond donors (Lipinski definition) is 0. The van der Waals surface area contributed by atoms with Gasteiger partial charge in [-0.15, -0.1) is 0 Å². The van der Waals surface area contributed by atoms with E-state index in [1.54, 1.807) is 0 Å². The predicted molar refractivity (Wildman–Crippen MR) is 103 cm³/mol. The molecule has 0 saturated carbocycles. The lowest BCUT2D eigenvalue weighted by Crippen LogP contribution is -2.39. The first-order valence-corrected chi connectivity index (χ1v) is 9.13. The largest absolute Gasteiger partial charge is 0.243 e. The van der Waals surface area contributed by atoms with Gasteiger partial charge >= 0.3 is 0 Å². The molecular weight excluding hydrogens is 304 g/mol. The third-order valence-electron chi connectivity index (χ3n) is 5.24. The first-order valence-electron chi connectivity index (χ1n) is 9.13. The lowest BCUT2D eigenvalue weighted by atomic mass is 9.68. The maximum Gasteiger partial charge on any atom is 0.243 e. The zero-order valence-corrected chi connectivity index (χ0v) is 15.8. The van der Waals surface area contributed by atoms with Crippen molar-refractivity contribution in [3.8, 4) is 0 Å². The lowest BCUT2D eigenvalue weighted by molar-refractivity contribution is -0.671. The predicted octanol–water partition coefficient (Wildman–Crippen LogP) is 4.71. The Morgan fingerprint density at radius 1 is 0.960 bits per heavy atom. The second-order valence-corrected chi connectivity index (χ2v) is 7.66. The van der Waals surface area contributed by atoms with Crippen LogP contribution in [0.15, 0.2) is 79.4 Å². The van der Waals surface area contributed by atoms with Crippen molar-refractivity contribution in [2.45, 2.75) is 38.6 Å². The van der Waals surface area contributed by atoms with Gasteiger partial charge in [0, 0.05) is 5.41 Å². The number of aryl methyl sites for hydroxylation is 1. The fraction of sp³-hybridized carbons (Fsp3) is 0.348. The Morgan fingerprint density at radius 3 is 2.08 bits per heavy atom. The van der Waals surface area contributed by atoms with E-state index in [1.807, 2.05) is 0 Å². The molecule has 2 aromatic carbocycles. The Hall–Kier alpha value is -2.35. The van der Waals surface area contributed by atoms with Crippen molar-refractivity contribution in [1.29, 1.82) is 0 Å². The van der Waals surface area contributed by atoms with Gasteiger partial charge in [-0.3, -0.25) is 0 Å². The molecule has 2 heteroatoms. The number of benzene rings is 2. The number of imidazole rings is 1. The van der Waals surface area contributed by atoms with Gasteiger partial charge in [0.1, 0.15) is 18.4 Å². The quantitative estimate of drug-likeness (QED) is 0.578. The van der Waals surface area contributed by atoms with E-state index in [9.17, 15) is 0 Å². The molecule has 3 rings (SSSR count). The molecule has 0 radical (unpaired) electrons. The molecule has 2 unspecified atom stereocenters. The van der Waals surface area contributed by atoms with Crippen LogP contribution in [0.25, 0.3) is 0 Å². The molecular formula is C23H29N2+. The molecule has 0 amide bonds. The zero-order chi connectivity index (χ0) is 17.9. The molecule has 0 aliphatic rings. The van der Waals surface area contributed by atoms with Gasteiger partial charge in [-0.1, -0.05) is 81.4 Å². The van der Waals surface area contributed by atoms with Crippen molar-refractivity contribution in [2.75, 3.05) is 0 Å². The van der Waals surface area contributed by atoms with Crippen LogP contribution in [0.2, 0.25) is 0 Å². The lowest BCUT2D eigenvalue weighted by Gasteiger charge is -2.38. The van der Waals surface area contributed by atoms with E-state index in [-0.39, 0.29) is 5.41 Å². The summed E-state index contributed by atoms with van der Waals surface area (Å²) in [7, 11) is 2.09. The number of aromatic nitrogens is 2. The maximum atomic E-state index is 2.42. The van der Waals surface area contributed by atoms with Crippen LogP contribution in [0.5, 0.6) is 0 Å². The Labute approximate surface area is 151 Å². The third-order valence-corrected chi connectivity index (χ3v) is 5.24. The average molecular weight is 333 g/mol. The van der Waals surface area contributed by atoms with Crippen LogP contribution in [0.1, 0.15) is 37.9 Å². The molecule has 0 saturated heterocycles. The summed E-state index contributed by atoms with van der Waals surface area (Å²) in [5, 5.41) is 0. The van der Waals surface area contributed by atoms with Gasteiger partial charge in [-0.25, -0.2) is 9.13 Å². The first-order chi connectivity index (χ1) is 12.0.